The zero-order valence-corrected chi connectivity index (χ0v) is 8.29. The van der Waals surface area contributed by atoms with E-state index in [0.29, 0.717) is 17.7 Å². The van der Waals surface area contributed by atoms with E-state index in [0.717, 1.165) is 6.42 Å². The van der Waals surface area contributed by atoms with Gasteiger partial charge in [-0.25, -0.2) is 0 Å². The van der Waals surface area contributed by atoms with Crippen LogP contribution < -0.4 is 5.32 Å². The third kappa shape index (κ3) is 1.78. The molecule has 2 rings (SSSR count). The summed E-state index contributed by atoms with van der Waals surface area (Å²) in [6.07, 6.45) is 5.18. The van der Waals surface area contributed by atoms with Crippen molar-refractivity contribution >= 4 is 5.91 Å². The van der Waals surface area contributed by atoms with Crippen LogP contribution in [-0.2, 0) is 0 Å². The molecule has 0 radical (unpaired) electrons. The van der Waals surface area contributed by atoms with Gasteiger partial charge in [0.15, 0.2) is 0 Å². The van der Waals surface area contributed by atoms with Gasteiger partial charge < -0.3 is 5.32 Å². The van der Waals surface area contributed by atoms with Gasteiger partial charge in [0.05, 0.1) is 0 Å². The monoisotopic (exact) mass is 193 g/mol. The van der Waals surface area contributed by atoms with E-state index in [-0.39, 0.29) is 5.91 Å². The first kappa shape index (κ1) is 9.24. The molecule has 14 heavy (non-hydrogen) atoms. The second kappa shape index (κ2) is 3.82. The first-order valence-corrected chi connectivity index (χ1v) is 5.08. The van der Waals surface area contributed by atoms with Gasteiger partial charge in [-0.05, 0) is 24.8 Å². The van der Waals surface area contributed by atoms with Gasteiger partial charge >= 0.3 is 0 Å². The van der Waals surface area contributed by atoms with Crippen molar-refractivity contribution in [3.05, 3.63) is 18.0 Å². The molecule has 4 nitrogen and oxygen atoms in total. The molecule has 1 amide bonds. The molecule has 1 saturated carbocycles. The van der Waals surface area contributed by atoms with Crippen LogP contribution in [0.15, 0.2) is 12.3 Å². The van der Waals surface area contributed by atoms with E-state index in [1.165, 1.54) is 12.8 Å². The first-order chi connectivity index (χ1) is 6.77. The number of amides is 1. The zero-order chi connectivity index (χ0) is 9.97. The molecule has 1 fully saturated rings. The second-order valence-corrected chi connectivity index (χ2v) is 3.95. The number of aromatic nitrogens is 2. The highest BCUT2D eigenvalue weighted by atomic mass is 16.2. The quantitative estimate of drug-likeness (QED) is 0.744. The van der Waals surface area contributed by atoms with Crippen molar-refractivity contribution in [2.24, 2.45) is 5.92 Å². The van der Waals surface area contributed by atoms with Crippen LogP contribution in [0.3, 0.4) is 0 Å². The van der Waals surface area contributed by atoms with Crippen LogP contribution in [0.25, 0.3) is 0 Å². The molecule has 0 aromatic carbocycles. The number of carbonyl (C=O) groups excluding carboxylic acids is 1. The molecule has 0 bridgehead atoms. The summed E-state index contributed by atoms with van der Waals surface area (Å²) < 4.78 is 0. The predicted molar refractivity (Wildman–Crippen MR) is 52.9 cm³/mol. The fourth-order valence-electron chi connectivity index (χ4n) is 1.99. The maximum absolute atomic E-state index is 11.6. The number of nitrogens with one attached hydrogen (secondary N) is 2. The summed E-state index contributed by atoms with van der Waals surface area (Å²) in [6, 6.07) is 2.02. The van der Waals surface area contributed by atoms with Gasteiger partial charge in [-0.15, -0.1) is 0 Å². The fraction of sp³-hybridized carbons (Fsp3) is 0.600. The van der Waals surface area contributed by atoms with Crippen molar-refractivity contribution < 1.29 is 4.79 Å². The van der Waals surface area contributed by atoms with Gasteiger partial charge in [0, 0.05) is 12.2 Å². The third-order valence-electron chi connectivity index (χ3n) is 2.91. The van der Waals surface area contributed by atoms with Crippen molar-refractivity contribution in [2.45, 2.75) is 32.2 Å². The molecule has 4 heteroatoms. The number of carbonyl (C=O) groups is 1. The smallest absolute Gasteiger partial charge is 0.271 e. The number of rotatable bonds is 2. The van der Waals surface area contributed by atoms with Gasteiger partial charge in [-0.3, -0.25) is 9.89 Å². The Labute approximate surface area is 83.1 Å². The molecule has 2 unspecified atom stereocenters. The number of H-pyrrole nitrogens is 1. The lowest BCUT2D eigenvalue weighted by Crippen LogP contribution is -2.36. The van der Waals surface area contributed by atoms with Crippen molar-refractivity contribution in [2.75, 3.05) is 0 Å². The van der Waals surface area contributed by atoms with Crippen LogP contribution in [0.5, 0.6) is 0 Å². The highest BCUT2D eigenvalue weighted by molar-refractivity contribution is 5.92. The van der Waals surface area contributed by atoms with Crippen LogP contribution in [0.1, 0.15) is 36.7 Å². The lowest BCUT2D eigenvalue weighted by molar-refractivity contribution is 0.0924. The van der Waals surface area contributed by atoms with E-state index >= 15 is 0 Å². The third-order valence-corrected chi connectivity index (χ3v) is 2.91. The van der Waals surface area contributed by atoms with Gasteiger partial charge in [-0.2, -0.15) is 5.10 Å². The van der Waals surface area contributed by atoms with E-state index in [1.54, 1.807) is 12.3 Å². The van der Waals surface area contributed by atoms with Crippen LogP contribution in [0, 0.1) is 5.92 Å². The molecule has 0 saturated heterocycles. The second-order valence-electron chi connectivity index (χ2n) is 3.95. The Morgan fingerprint density at radius 1 is 1.64 bits per heavy atom. The average molecular weight is 193 g/mol. The van der Waals surface area contributed by atoms with Crippen molar-refractivity contribution in [3.8, 4) is 0 Å². The molecule has 76 valence electrons. The van der Waals surface area contributed by atoms with E-state index < -0.39 is 0 Å². The first-order valence-electron chi connectivity index (χ1n) is 5.08. The van der Waals surface area contributed by atoms with E-state index in [9.17, 15) is 4.79 Å². The van der Waals surface area contributed by atoms with E-state index in [1.807, 2.05) is 0 Å². The lowest BCUT2D eigenvalue weighted by atomic mass is 10.1. The van der Waals surface area contributed by atoms with Crippen LogP contribution in [-0.4, -0.2) is 22.1 Å². The summed E-state index contributed by atoms with van der Waals surface area (Å²) in [7, 11) is 0. The van der Waals surface area contributed by atoms with Gasteiger partial charge in [-0.1, -0.05) is 13.3 Å². The molecular formula is C10H15N3O. The number of aromatic amines is 1. The van der Waals surface area contributed by atoms with Crippen molar-refractivity contribution in [3.63, 3.8) is 0 Å². The minimum atomic E-state index is -0.0648. The van der Waals surface area contributed by atoms with Crippen LogP contribution in [0.4, 0.5) is 0 Å². The summed E-state index contributed by atoms with van der Waals surface area (Å²) in [5.74, 6) is 0.530. The highest BCUT2D eigenvalue weighted by Gasteiger charge is 2.25. The molecular weight excluding hydrogens is 178 g/mol. The molecule has 2 N–H and O–H groups in total. The minimum Gasteiger partial charge on any atom is -0.348 e. The Balaban J connectivity index is 1.95. The summed E-state index contributed by atoms with van der Waals surface area (Å²) in [5.41, 5.74) is 0.476. The summed E-state index contributed by atoms with van der Waals surface area (Å²) in [4.78, 5) is 11.6. The normalized spacial score (nSPS) is 26.4. The van der Waals surface area contributed by atoms with Gasteiger partial charge in [0.2, 0.25) is 0 Å². The Morgan fingerprint density at radius 2 is 2.50 bits per heavy atom. The number of hydrogen-bond acceptors (Lipinski definition) is 2. The summed E-state index contributed by atoms with van der Waals surface area (Å²) in [6.45, 7) is 2.18. The minimum absolute atomic E-state index is 0.0648. The van der Waals surface area contributed by atoms with E-state index in [4.69, 9.17) is 0 Å². The molecule has 1 heterocycles. The van der Waals surface area contributed by atoms with Crippen LogP contribution in [0.2, 0.25) is 0 Å². The number of nitrogens with zero attached hydrogens (tertiary/aromatic N) is 1. The Hall–Kier alpha value is -1.32. The standard InChI is InChI=1S/C10H15N3O/c1-7-3-2-4-8(7)12-10(14)9-5-6-11-13-9/h5-8H,2-4H2,1H3,(H,11,13)(H,12,14). The molecule has 2 atom stereocenters. The molecule has 0 aliphatic heterocycles. The predicted octanol–water partition coefficient (Wildman–Crippen LogP) is 1.33. The fourth-order valence-corrected chi connectivity index (χ4v) is 1.99. The van der Waals surface area contributed by atoms with Crippen molar-refractivity contribution in [1.82, 2.24) is 15.5 Å². The summed E-state index contributed by atoms with van der Waals surface area (Å²) >= 11 is 0. The van der Waals surface area contributed by atoms with Crippen molar-refractivity contribution in [1.29, 1.82) is 0 Å². The molecule has 0 spiro atoms. The largest absolute Gasteiger partial charge is 0.348 e. The van der Waals surface area contributed by atoms with Gasteiger partial charge in [0.1, 0.15) is 5.69 Å². The zero-order valence-electron chi connectivity index (χ0n) is 8.29. The van der Waals surface area contributed by atoms with Crippen LogP contribution >= 0.6 is 0 Å². The summed E-state index contributed by atoms with van der Waals surface area (Å²) in [5, 5.41) is 9.49. The topological polar surface area (TPSA) is 57.8 Å². The average Bonchev–Trinajstić information content (AvgIpc) is 2.77. The highest BCUT2D eigenvalue weighted by Crippen LogP contribution is 2.24. The molecule has 1 aromatic rings. The molecule has 1 aliphatic carbocycles. The Kier molecular flexibility index (Phi) is 2.52. The van der Waals surface area contributed by atoms with Gasteiger partial charge in [0.25, 0.3) is 5.91 Å². The maximum Gasteiger partial charge on any atom is 0.271 e. The molecule has 1 aliphatic rings. The molecule has 1 aromatic heterocycles. The lowest BCUT2D eigenvalue weighted by Gasteiger charge is -2.16. The Morgan fingerprint density at radius 3 is 3.07 bits per heavy atom. The maximum atomic E-state index is 11.6. The van der Waals surface area contributed by atoms with E-state index in [2.05, 4.69) is 22.4 Å². The number of hydrogen-bond donors (Lipinski definition) is 2. The SMILES string of the molecule is CC1CCCC1NC(=O)c1cc[nH]n1. The Bertz CT molecular complexity index is 307.